The Balaban J connectivity index is 2.24. The molecule has 21 heavy (non-hydrogen) atoms. The molecule has 0 saturated carbocycles. The number of hydrogen-bond donors (Lipinski definition) is 1. The van der Waals surface area contributed by atoms with Crippen LogP contribution in [0, 0.1) is 14.9 Å². The Morgan fingerprint density at radius 2 is 2.00 bits per heavy atom. The van der Waals surface area contributed by atoms with E-state index in [1.165, 1.54) is 6.08 Å². The Bertz CT molecular complexity index is 750. The minimum Gasteiger partial charge on any atom is -0.321 e. The number of nitrogens with zero attached hydrogens (tertiary/aromatic N) is 1. The number of benzene rings is 2. The van der Waals surface area contributed by atoms with E-state index in [-0.39, 0.29) is 5.57 Å². The van der Waals surface area contributed by atoms with Gasteiger partial charge in [0.2, 0.25) is 0 Å². The summed E-state index contributed by atoms with van der Waals surface area (Å²) in [5, 5.41) is 12.3. The molecular weight excluding hydrogens is 399 g/mol. The van der Waals surface area contributed by atoms with Gasteiger partial charge < -0.3 is 5.32 Å². The molecule has 0 heterocycles. The van der Waals surface area contributed by atoms with Gasteiger partial charge in [0.1, 0.15) is 11.6 Å². The van der Waals surface area contributed by atoms with Gasteiger partial charge in [-0.2, -0.15) is 5.26 Å². The molecule has 2 aromatic rings. The summed E-state index contributed by atoms with van der Waals surface area (Å²) in [5.74, 6) is -0.459. The Labute approximate surface area is 141 Å². The molecule has 5 heteroatoms. The molecule has 0 bridgehead atoms. The zero-order chi connectivity index (χ0) is 15.2. The number of halogens is 2. The normalized spacial score (nSPS) is 10.8. The van der Waals surface area contributed by atoms with Crippen LogP contribution in [0.15, 0.2) is 54.1 Å². The van der Waals surface area contributed by atoms with Crippen LogP contribution in [-0.2, 0) is 4.79 Å². The van der Waals surface area contributed by atoms with E-state index in [1.54, 1.807) is 30.3 Å². The van der Waals surface area contributed by atoms with Crippen LogP contribution in [-0.4, -0.2) is 5.91 Å². The van der Waals surface area contributed by atoms with E-state index in [2.05, 4.69) is 27.9 Å². The van der Waals surface area contributed by atoms with Crippen molar-refractivity contribution in [2.75, 3.05) is 5.32 Å². The summed E-state index contributed by atoms with van der Waals surface area (Å²) in [6.45, 7) is 0. The van der Waals surface area contributed by atoms with Gasteiger partial charge in [-0.15, -0.1) is 0 Å². The topological polar surface area (TPSA) is 52.9 Å². The van der Waals surface area contributed by atoms with Gasteiger partial charge in [-0.05, 0) is 58.5 Å². The lowest BCUT2D eigenvalue weighted by Crippen LogP contribution is -2.13. The number of carbonyl (C=O) groups excluding carboxylic acids is 1. The summed E-state index contributed by atoms with van der Waals surface area (Å²) in [6, 6.07) is 16.3. The lowest BCUT2D eigenvalue weighted by molar-refractivity contribution is -0.112. The first-order valence-corrected chi connectivity index (χ1v) is 7.49. The Kier molecular flexibility index (Phi) is 5.37. The second kappa shape index (κ2) is 7.25. The highest BCUT2D eigenvalue weighted by molar-refractivity contribution is 14.1. The van der Waals surface area contributed by atoms with Gasteiger partial charge in [-0.3, -0.25) is 4.79 Å². The standard InChI is InChI=1S/C16H10ClIN2O/c17-15-7-2-1-4-11(15)8-12(10-19)16(21)20-14-6-3-5-13(18)9-14/h1-9H,(H,20,21)/b12-8+. The van der Waals surface area contributed by atoms with Crippen molar-refractivity contribution in [3.63, 3.8) is 0 Å². The van der Waals surface area contributed by atoms with Crippen molar-refractivity contribution >= 4 is 51.9 Å². The smallest absolute Gasteiger partial charge is 0.266 e. The molecule has 0 atom stereocenters. The quantitative estimate of drug-likeness (QED) is 0.462. The Morgan fingerprint density at radius 3 is 2.67 bits per heavy atom. The molecule has 1 N–H and O–H groups in total. The summed E-state index contributed by atoms with van der Waals surface area (Å²) in [4.78, 5) is 12.1. The maximum atomic E-state index is 12.1. The zero-order valence-electron chi connectivity index (χ0n) is 10.8. The molecule has 0 aliphatic carbocycles. The third kappa shape index (κ3) is 4.31. The zero-order valence-corrected chi connectivity index (χ0v) is 13.7. The molecule has 2 rings (SSSR count). The van der Waals surface area contributed by atoms with E-state index in [4.69, 9.17) is 16.9 Å². The van der Waals surface area contributed by atoms with Crippen molar-refractivity contribution < 1.29 is 4.79 Å². The van der Waals surface area contributed by atoms with Gasteiger partial charge in [-0.1, -0.05) is 35.9 Å². The van der Waals surface area contributed by atoms with Crippen molar-refractivity contribution in [1.82, 2.24) is 0 Å². The molecule has 0 aromatic heterocycles. The maximum Gasteiger partial charge on any atom is 0.266 e. The Hall–Kier alpha value is -1.84. The highest BCUT2D eigenvalue weighted by Crippen LogP contribution is 2.19. The summed E-state index contributed by atoms with van der Waals surface area (Å²) < 4.78 is 0.999. The van der Waals surface area contributed by atoms with Crippen molar-refractivity contribution in [2.24, 2.45) is 0 Å². The molecule has 2 aromatic carbocycles. The van der Waals surface area contributed by atoms with Crippen molar-refractivity contribution in [3.8, 4) is 6.07 Å². The first-order chi connectivity index (χ1) is 10.1. The second-order valence-electron chi connectivity index (χ2n) is 4.16. The van der Waals surface area contributed by atoms with E-state index in [0.717, 1.165) is 3.57 Å². The number of carbonyl (C=O) groups is 1. The third-order valence-electron chi connectivity index (χ3n) is 2.65. The second-order valence-corrected chi connectivity index (χ2v) is 5.81. The third-order valence-corrected chi connectivity index (χ3v) is 3.67. The molecule has 3 nitrogen and oxygen atoms in total. The van der Waals surface area contributed by atoms with Crippen LogP contribution >= 0.6 is 34.2 Å². The van der Waals surface area contributed by atoms with Crippen LogP contribution in [0.2, 0.25) is 5.02 Å². The van der Waals surface area contributed by atoms with Crippen molar-refractivity contribution in [2.45, 2.75) is 0 Å². The number of nitrogens with one attached hydrogen (secondary N) is 1. The lowest BCUT2D eigenvalue weighted by atomic mass is 10.1. The van der Waals surface area contributed by atoms with Crippen LogP contribution in [0.1, 0.15) is 5.56 Å². The summed E-state index contributed by atoms with van der Waals surface area (Å²) in [7, 11) is 0. The average molecular weight is 409 g/mol. The fourth-order valence-electron chi connectivity index (χ4n) is 1.66. The van der Waals surface area contributed by atoms with Gasteiger partial charge in [0.05, 0.1) is 0 Å². The number of anilines is 1. The molecule has 0 aliphatic heterocycles. The molecular formula is C16H10ClIN2O. The fourth-order valence-corrected chi connectivity index (χ4v) is 2.39. The predicted molar refractivity (Wildman–Crippen MR) is 92.8 cm³/mol. The first-order valence-electron chi connectivity index (χ1n) is 6.03. The minimum absolute atomic E-state index is 0.00182. The number of nitriles is 1. The van der Waals surface area contributed by atoms with Gasteiger partial charge in [-0.25, -0.2) is 0 Å². The molecule has 0 aliphatic rings. The minimum atomic E-state index is -0.459. The molecule has 0 fully saturated rings. The summed E-state index contributed by atoms with van der Waals surface area (Å²) >= 11 is 8.18. The van der Waals surface area contributed by atoms with Gasteiger partial charge in [0.25, 0.3) is 5.91 Å². The SMILES string of the molecule is N#C/C(=C\c1ccccc1Cl)C(=O)Nc1cccc(I)c1. The van der Waals surface area contributed by atoms with Gasteiger partial charge in [0.15, 0.2) is 0 Å². The molecule has 1 amide bonds. The van der Waals surface area contributed by atoms with E-state index >= 15 is 0 Å². The fraction of sp³-hybridized carbons (Fsp3) is 0. The van der Waals surface area contributed by atoms with E-state index in [0.29, 0.717) is 16.3 Å². The number of amides is 1. The van der Waals surface area contributed by atoms with Crippen LogP contribution < -0.4 is 5.32 Å². The highest BCUT2D eigenvalue weighted by atomic mass is 127. The van der Waals surface area contributed by atoms with Crippen molar-refractivity contribution in [3.05, 3.63) is 68.3 Å². The molecule has 104 valence electrons. The largest absolute Gasteiger partial charge is 0.321 e. The van der Waals surface area contributed by atoms with E-state index in [1.807, 2.05) is 24.3 Å². The monoisotopic (exact) mass is 408 g/mol. The molecule has 0 saturated heterocycles. The lowest BCUT2D eigenvalue weighted by Gasteiger charge is -2.05. The van der Waals surface area contributed by atoms with Crippen molar-refractivity contribution in [1.29, 1.82) is 5.26 Å². The summed E-state index contributed by atoms with van der Waals surface area (Å²) in [6.07, 6.45) is 1.48. The van der Waals surface area contributed by atoms with Crippen LogP contribution in [0.3, 0.4) is 0 Å². The first kappa shape index (κ1) is 15.5. The van der Waals surface area contributed by atoms with Crippen LogP contribution in [0.5, 0.6) is 0 Å². The Morgan fingerprint density at radius 1 is 1.24 bits per heavy atom. The van der Waals surface area contributed by atoms with Gasteiger partial charge >= 0.3 is 0 Å². The molecule has 0 unspecified atom stereocenters. The predicted octanol–water partition coefficient (Wildman–Crippen LogP) is 4.49. The van der Waals surface area contributed by atoms with Crippen LogP contribution in [0.25, 0.3) is 6.08 Å². The van der Waals surface area contributed by atoms with Crippen LogP contribution in [0.4, 0.5) is 5.69 Å². The van der Waals surface area contributed by atoms with Gasteiger partial charge in [0, 0.05) is 14.3 Å². The highest BCUT2D eigenvalue weighted by Gasteiger charge is 2.10. The van der Waals surface area contributed by atoms with E-state index < -0.39 is 5.91 Å². The maximum absolute atomic E-state index is 12.1. The number of hydrogen-bond acceptors (Lipinski definition) is 2. The van der Waals surface area contributed by atoms with E-state index in [9.17, 15) is 4.79 Å². The molecule has 0 radical (unpaired) electrons. The summed E-state index contributed by atoms with van der Waals surface area (Å²) in [5.41, 5.74) is 1.28. The molecule has 0 spiro atoms. The average Bonchev–Trinajstić information content (AvgIpc) is 2.46. The number of rotatable bonds is 3.